The van der Waals surface area contributed by atoms with E-state index in [2.05, 4.69) is 32.6 Å². The molecule has 13 heavy (non-hydrogen) atoms. The van der Waals surface area contributed by atoms with Crippen molar-refractivity contribution >= 4 is 0 Å². The quantitative estimate of drug-likeness (QED) is 0.646. The largest absolute Gasteiger partial charge is 0.298 e. The molecule has 0 saturated carbocycles. The summed E-state index contributed by atoms with van der Waals surface area (Å²) in [5.41, 5.74) is 0. The number of likely N-dealkylation sites (tertiary alicyclic amines) is 1. The van der Waals surface area contributed by atoms with Crippen LogP contribution in [0.3, 0.4) is 0 Å². The summed E-state index contributed by atoms with van der Waals surface area (Å²) in [4.78, 5) is 2.69. The van der Waals surface area contributed by atoms with Crippen molar-refractivity contribution < 1.29 is 0 Å². The Labute approximate surface area is 83.5 Å². The minimum Gasteiger partial charge on any atom is -0.298 e. The van der Waals surface area contributed by atoms with Crippen molar-refractivity contribution in [3.8, 4) is 0 Å². The summed E-state index contributed by atoms with van der Waals surface area (Å²) in [7, 11) is 0. The molecule has 1 saturated heterocycles. The Balaban J connectivity index is 2.39. The zero-order chi connectivity index (χ0) is 9.84. The highest BCUT2D eigenvalue weighted by Gasteiger charge is 2.26. The summed E-state index contributed by atoms with van der Waals surface area (Å²) < 4.78 is 0. The van der Waals surface area contributed by atoms with E-state index in [1.807, 2.05) is 0 Å². The van der Waals surface area contributed by atoms with Gasteiger partial charge in [-0.3, -0.25) is 4.90 Å². The van der Waals surface area contributed by atoms with Crippen molar-refractivity contribution in [2.75, 3.05) is 6.54 Å². The second kappa shape index (κ2) is 4.99. The lowest BCUT2D eigenvalue weighted by Gasteiger charge is -2.29. The summed E-state index contributed by atoms with van der Waals surface area (Å²) in [6.07, 6.45) is 5.60. The molecule has 2 unspecified atom stereocenters. The molecule has 0 spiro atoms. The molecule has 1 rings (SSSR count). The molecular weight excluding hydrogens is 158 g/mol. The van der Waals surface area contributed by atoms with Crippen LogP contribution in [0.1, 0.15) is 53.4 Å². The van der Waals surface area contributed by atoms with E-state index < -0.39 is 0 Å². The summed E-state index contributed by atoms with van der Waals surface area (Å²) in [6.45, 7) is 10.7. The predicted molar refractivity (Wildman–Crippen MR) is 58.9 cm³/mol. The van der Waals surface area contributed by atoms with Crippen molar-refractivity contribution in [3.63, 3.8) is 0 Å². The van der Waals surface area contributed by atoms with Crippen molar-refractivity contribution in [1.29, 1.82) is 0 Å². The Hall–Kier alpha value is -0.0400. The van der Waals surface area contributed by atoms with Gasteiger partial charge in [0.25, 0.3) is 0 Å². The monoisotopic (exact) mass is 183 g/mol. The molecule has 1 heterocycles. The van der Waals surface area contributed by atoms with E-state index in [0.29, 0.717) is 0 Å². The molecule has 2 atom stereocenters. The van der Waals surface area contributed by atoms with Crippen molar-refractivity contribution in [3.05, 3.63) is 0 Å². The number of hydrogen-bond acceptors (Lipinski definition) is 1. The van der Waals surface area contributed by atoms with Crippen LogP contribution in [0.25, 0.3) is 0 Å². The first-order valence-corrected chi connectivity index (χ1v) is 5.90. The second-order valence-electron chi connectivity index (χ2n) is 4.88. The predicted octanol–water partition coefficient (Wildman–Crippen LogP) is 3.30. The van der Waals surface area contributed by atoms with Gasteiger partial charge in [-0.1, -0.05) is 20.3 Å². The molecular formula is C12H25N. The summed E-state index contributed by atoms with van der Waals surface area (Å²) in [6, 6.07) is 1.63. The molecule has 1 fully saturated rings. The van der Waals surface area contributed by atoms with Crippen molar-refractivity contribution in [1.82, 2.24) is 4.90 Å². The first-order chi connectivity index (χ1) is 6.15. The smallest absolute Gasteiger partial charge is 0.0101 e. The molecule has 1 nitrogen and oxygen atoms in total. The molecule has 0 aromatic carbocycles. The van der Waals surface area contributed by atoms with Gasteiger partial charge in [0.1, 0.15) is 0 Å². The molecule has 78 valence electrons. The van der Waals surface area contributed by atoms with Crippen LogP contribution < -0.4 is 0 Å². The number of nitrogens with zero attached hydrogens (tertiary/aromatic N) is 1. The normalized spacial score (nSPS) is 27.0. The Morgan fingerprint density at radius 2 is 2.00 bits per heavy atom. The van der Waals surface area contributed by atoms with E-state index in [1.165, 1.54) is 32.2 Å². The van der Waals surface area contributed by atoms with Gasteiger partial charge in [-0.05, 0) is 45.6 Å². The molecule has 0 aliphatic carbocycles. The maximum Gasteiger partial charge on any atom is 0.0101 e. The van der Waals surface area contributed by atoms with Gasteiger partial charge in [0.2, 0.25) is 0 Å². The third-order valence-corrected chi connectivity index (χ3v) is 3.46. The highest BCUT2D eigenvalue weighted by Crippen LogP contribution is 2.26. The standard InChI is InChI=1S/C12H25N/c1-5-11(4)9-12-7-6-8-13(12)10(2)3/h10-12H,5-9H2,1-4H3. The third kappa shape index (κ3) is 2.98. The molecule has 1 heteroatoms. The van der Waals surface area contributed by atoms with E-state index in [9.17, 15) is 0 Å². The van der Waals surface area contributed by atoms with E-state index in [-0.39, 0.29) is 0 Å². The van der Waals surface area contributed by atoms with E-state index in [4.69, 9.17) is 0 Å². The Bertz CT molecular complexity index is 142. The molecule has 0 bridgehead atoms. The van der Waals surface area contributed by atoms with Crippen molar-refractivity contribution in [2.24, 2.45) is 5.92 Å². The first-order valence-electron chi connectivity index (χ1n) is 5.90. The van der Waals surface area contributed by atoms with Crippen LogP contribution in [0.4, 0.5) is 0 Å². The fourth-order valence-corrected chi connectivity index (χ4v) is 2.42. The zero-order valence-electron chi connectivity index (χ0n) is 9.71. The van der Waals surface area contributed by atoms with Crippen LogP contribution in [0.5, 0.6) is 0 Å². The van der Waals surface area contributed by atoms with Crippen LogP contribution in [-0.4, -0.2) is 23.5 Å². The van der Waals surface area contributed by atoms with Crippen LogP contribution in [0.15, 0.2) is 0 Å². The second-order valence-corrected chi connectivity index (χ2v) is 4.88. The fraction of sp³-hybridized carbons (Fsp3) is 1.00. The average molecular weight is 183 g/mol. The van der Waals surface area contributed by atoms with Crippen LogP contribution >= 0.6 is 0 Å². The number of hydrogen-bond donors (Lipinski definition) is 0. The topological polar surface area (TPSA) is 3.24 Å². The summed E-state index contributed by atoms with van der Waals surface area (Å²) >= 11 is 0. The van der Waals surface area contributed by atoms with Crippen LogP contribution in [0.2, 0.25) is 0 Å². The first kappa shape index (κ1) is 11.0. The van der Waals surface area contributed by atoms with Gasteiger partial charge < -0.3 is 0 Å². The third-order valence-electron chi connectivity index (χ3n) is 3.46. The van der Waals surface area contributed by atoms with E-state index in [0.717, 1.165) is 18.0 Å². The SMILES string of the molecule is CCC(C)CC1CCCN1C(C)C. The lowest BCUT2D eigenvalue weighted by atomic mass is 9.97. The zero-order valence-corrected chi connectivity index (χ0v) is 9.71. The van der Waals surface area contributed by atoms with Crippen LogP contribution in [-0.2, 0) is 0 Å². The van der Waals surface area contributed by atoms with Gasteiger partial charge in [0, 0.05) is 12.1 Å². The highest BCUT2D eigenvalue weighted by atomic mass is 15.2. The molecule has 0 amide bonds. The minimum absolute atomic E-state index is 0.747. The number of rotatable bonds is 4. The maximum absolute atomic E-state index is 2.69. The van der Waals surface area contributed by atoms with Gasteiger partial charge >= 0.3 is 0 Å². The van der Waals surface area contributed by atoms with Gasteiger partial charge in [-0.25, -0.2) is 0 Å². The maximum atomic E-state index is 2.69. The molecule has 0 radical (unpaired) electrons. The Morgan fingerprint density at radius 3 is 2.54 bits per heavy atom. The van der Waals surface area contributed by atoms with Crippen LogP contribution in [0, 0.1) is 5.92 Å². The van der Waals surface area contributed by atoms with Gasteiger partial charge in [0.05, 0.1) is 0 Å². The van der Waals surface area contributed by atoms with Gasteiger partial charge in [0.15, 0.2) is 0 Å². The molecule has 1 aliphatic heterocycles. The molecule has 1 aliphatic rings. The fourth-order valence-electron chi connectivity index (χ4n) is 2.42. The van der Waals surface area contributed by atoms with Crippen molar-refractivity contribution in [2.45, 2.75) is 65.5 Å². The van der Waals surface area contributed by atoms with E-state index in [1.54, 1.807) is 0 Å². The Kier molecular flexibility index (Phi) is 4.24. The van der Waals surface area contributed by atoms with Gasteiger partial charge in [-0.2, -0.15) is 0 Å². The van der Waals surface area contributed by atoms with Gasteiger partial charge in [-0.15, -0.1) is 0 Å². The van der Waals surface area contributed by atoms with E-state index >= 15 is 0 Å². The molecule has 0 aromatic heterocycles. The average Bonchev–Trinajstić information content (AvgIpc) is 2.52. The minimum atomic E-state index is 0.747. The summed E-state index contributed by atoms with van der Waals surface area (Å²) in [5.74, 6) is 0.907. The summed E-state index contributed by atoms with van der Waals surface area (Å²) in [5, 5.41) is 0. The molecule has 0 N–H and O–H groups in total. The Morgan fingerprint density at radius 1 is 1.31 bits per heavy atom. The molecule has 0 aromatic rings. The highest BCUT2D eigenvalue weighted by molar-refractivity contribution is 4.82. The lowest BCUT2D eigenvalue weighted by molar-refractivity contribution is 0.179. The lowest BCUT2D eigenvalue weighted by Crippen LogP contribution is -2.36.